The van der Waals surface area contributed by atoms with Crippen LogP contribution in [0.4, 0.5) is 4.39 Å². The molecule has 2 heterocycles. The first-order valence-corrected chi connectivity index (χ1v) is 6.98. The lowest BCUT2D eigenvalue weighted by molar-refractivity contribution is 0.0934. The van der Waals surface area contributed by atoms with E-state index in [1.54, 1.807) is 23.9 Å². The Labute approximate surface area is 114 Å². The zero-order valence-corrected chi connectivity index (χ0v) is 10.9. The number of hydrogen-bond acceptors (Lipinski definition) is 3. The first-order valence-electron chi connectivity index (χ1n) is 5.99. The molecule has 1 N–H and O–H groups in total. The summed E-state index contributed by atoms with van der Waals surface area (Å²) in [6.07, 6.45) is 3.66. The van der Waals surface area contributed by atoms with Gasteiger partial charge in [0.1, 0.15) is 12.1 Å². The van der Waals surface area contributed by atoms with Crippen molar-refractivity contribution in [3.05, 3.63) is 53.7 Å². The molecular formula is C14H12FNO2S. The lowest BCUT2D eigenvalue weighted by Crippen LogP contribution is -2.30. The molecule has 5 heteroatoms. The number of amides is 1. The summed E-state index contributed by atoms with van der Waals surface area (Å²) < 4.78 is 18.2. The maximum absolute atomic E-state index is 13.3. The van der Waals surface area contributed by atoms with E-state index in [4.69, 9.17) is 4.42 Å². The smallest absolute Gasteiger partial charge is 0.255 e. The summed E-state index contributed by atoms with van der Waals surface area (Å²) in [7, 11) is 0. The number of carbonyl (C=O) groups is 1. The van der Waals surface area contributed by atoms with Crippen molar-refractivity contribution in [2.75, 3.05) is 5.75 Å². The largest absolute Gasteiger partial charge is 0.472 e. The summed E-state index contributed by atoms with van der Waals surface area (Å²) in [5.41, 5.74) is 1.34. The molecule has 0 spiro atoms. The fraction of sp³-hybridized carbons (Fsp3) is 0.214. The Balaban J connectivity index is 1.84. The van der Waals surface area contributed by atoms with Gasteiger partial charge in [-0.2, -0.15) is 0 Å². The Morgan fingerprint density at radius 1 is 1.42 bits per heavy atom. The number of thioether (sulfide) groups is 1. The minimum atomic E-state index is -0.274. The van der Waals surface area contributed by atoms with E-state index in [-0.39, 0.29) is 17.8 Å². The molecular weight excluding hydrogens is 265 g/mol. The molecule has 1 aliphatic rings. The van der Waals surface area contributed by atoms with Crippen molar-refractivity contribution in [3.8, 4) is 0 Å². The maximum atomic E-state index is 13.3. The van der Waals surface area contributed by atoms with E-state index in [0.29, 0.717) is 5.56 Å². The van der Waals surface area contributed by atoms with Crippen LogP contribution in [0, 0.1) is 5.82 Å². The molecule has 3 nitrogen and oxygen atoms in total. The van der Waals surface area contributed by atoms with Gasteiger partial charge in [0.05, 0.1) is 17.9 Å². The molecule has 3 rings (SSSR count). The number of nitrogens with one attached hydrogen (secondary N) is 1. The van der Waals surface area contributed by atoms with E-state index < -0.39 is 0 Å². The number of carbonyl (C=O) groups excluding carboxylic acids is 1. The van der Waals surface area contributed by atoms with Crippen molar-refractivity contribution in [1.82, 2.24) is 5.32 Å². The third kappa shape index (κ3) is 2.51. The number of benzene rings is 1. The molecule has 1 amide bonds. The number of rotatable bonds is 2. The second-order valence-corrected chi connectivity index (χ2v) is 5.49. The molecule has 98 valence electrons. The predicted molar refractivity (Wildman–Crippen MR) is 70.7 cm³/mol. The van der Waals surface area contributed by atoms with Gasteiger partial charge >= 0.3 is 0 Å². The van der Waals surface area contributed by atoms with Crippen LogP contribution < -0.4 is 5.32 Å². The van der Waals surface area contributed by atoms with Crippen LogP contribution in [0.3, 0.4) is 0 Å². The predicted octanol–water partition coefficient (Wildman–Crippen LogP) is 3.39. The summed E-state index contributed by atoms with van der Waals surface area (Å²) in [6.45, 7) is 0. The maximum Gasteiger partial charge on any atom is 0.255 e. The van der Waals surface area contributed by atoms with E-state index in [2.05, 4.69) is 5.32 Å². The molecule has 1 aromatic carbocycles. The van der Waals surface area contributed by atoms with E-state index >= 15 is 0 Å². The Morgan fingerprint density at radius 3 is 3.11 bits per heavy atom. The van der Waals surface area contributed by atoms with Gasteiger partial charge < -0.3 is 9.73 Å². The molecule has 0 fully saturated rings. The average Bonchev–Trinajstić information content (AvgIpc) is 2.93. The zero-order valence-electron chi connectivity index (χ0n) is 10.1. The van der Waals surface area contributed by atoms with Gasteiger partial charge in [0, 0.05) is 10.6 Å². The van der Waals surface area contributed by atoms with Gasteiger partial charge in [0.15, 0.2) is 0 Å². The Kier molecular flexibility index (Phi) is 3.29. The average molecular weight is 277 g/mol. The highest BCUT2D eigenvalue weighted by molar-refractivity contribution is 7.99. The highest BCUT2D eigenvalue weighted by atomic mass is 32.2. The third-order valence-electron chi connectivity index (χ3n) is 3.10. The van der Waals surface area contributed by atoms with Crippen molar-refractivity contribution in [1.29, 1.82) is 0 Å². The van der Waals surface area contributed by atoms with Crippen LogP contribution in [0.15, 0.2) is 46.1 Å². The van der Waals surface area contributed by atoms with Gasteiger partial charge in [-0.3, -0.25) is 4.79 Å². The molecule has 1 aromatic heterocycles. The SMILES string of the molecule is O=C(N[C@@H]1CCSc2ccc(F)cc21)c1ccoc1. The molecule has 0 unspecified atom stereocenters. The van der Waals surface area contributed by atoms with Crippen molar-refractivity contribution >= 4 is 17.7 Å². The molecule has 0 radical (unpaired) electrons. The van der Waals surface area contributed by atoms with Crippen LogP contribution in [-0.4, -0.2) is 11.7 Å². The molecule has 0 saturated carbocycles. The number of furan rings is 1. The van der Waals surface area contributed by atoms with E-state index in [1.165, 1.54) is 24.7 Å². The number of fused-ring (bicyclic) bond motifs is 1. The third-order valence-corrected chi connectivity index (χ3v) is 4.22. The Hall–Kier alpha value is -1.75. The molecule has 0 bridgehead atoms. The monoisotopic (exact) mass is 277 g/mol. The van der Waals surface area contributed by atoms with Crippen molar-refractivity contribution in [3.63, 3.8) is 0 Å². The molecule has 19 heavy (non-hydrogen) atoms. The zero-order chi connectivity index (χ0) is 13.2. The lowest BCUT2D eigenvalue weighted by Gasteiger charge is -2.25. The Bertz CT molecular complexity index is 597. The number of halogens is 1. The van der Waals surface area contributed by atoms with Crippen LogP contribution in [0.2, 0.25) is 0 Å². The second-order valence-electron chi connectivity index (χ2n) is 4.36. The Morgan fingerprint density at radius 2 is 2.32 bits per heavy atom. The number of hydrogen-bond donors (Lipinski definition) is 1. The van der Waals surface area contributed by atoms with Gasteiger partial charge in [-0.1, -0.05) is 0 Å². The van der Waals surface area contributed by atoms with E-state index in [0.717, 1.165) is 22.6 Å². The van der Waals surface area contributed by atoms with E-state index in [1.807, 2.05) is 0 Å². The van der Waals surface area contributed by atoms with Crippen LogP contribution in [0.25, 0.3) is 0 Å². The van der Waals surface area contributed by atoms with Gasteiger partial charge in [0.25, 0.3) is 5.91 Å². The summed E-state index contributed by atoms with van der Waals surface area (Å²) in [5.74, 6) is 0.444. The van der Waals surface area contributed by atoms with Crippen LogP contribution >= 0.6 is 11.8 Å². The first kappa shape index (κ1) is 12.3. The summed E-state index contributed by atoms with van der Waals surface area (Å²) in [5, 5.41) is 2.93. The van der Waals surface area contributed by atoms with Gasteiger partial charge in [-0.15, -0.1) is 11.8 Å². The minimum absolute atomic E-state index is 0.144. The van der Waals surface area contributed by atoms with Crippen molar-refractivity contribution in [2.24, 2.45) is 0 Å². The standard InChI is InChI=1S/C14H12FNO2S/c15-10-1-2-13-11(7-10)12(4-6-19-13)16-14(17)9-3-5-18-8-9/h1-3,5,7-8,12H,4,6H2,(H,16,17)/t12-/m1/s1. The van der Waals surface area contributed by atoms with Gasteiger partial charge in [-0.05, 0) is 36.2 Å². The lowest BCUT2D eigenvalue weighted by atomic mass is 10.0. The highest BCUT2D eigenvalue weighted by Gasteiger charge is 2.23. The van der Waals surface area contributed by atoms with Crippen LogP contribution in [0.1, 0.15) is 28.4 Å². The van der Waals surface area contributed by atoms with Crippen LogP contribution in [-0.2, 0) is 0 Å². The summed E-state index contributed by atoms with van der Waals surface area (Å²) in [4.78, 5) is 13.0. The van der Waals surface area contributed by atoms with Crippen molar-refractivity contribution in [2.45, 2.75) is 17.4 Å². The summed E-state index contributed by atoms with van der Waals surface area (Å²) in [6, 6.07) is 6.19. The van der Waals surface area contributed by atoms with E-state index in [9.17, 15) is 9.18 Å². The van der Waals surface area contributed by atoms with Gasteiger partial charge in [-0.25, -0.2) is 4.39 Å². The molecule has 1 atom stereocenters. The highest BCUT2D eigenvalue weighted by Crippen LogP contribution is 2.36. The topological polar surface area (TPSA) is 42.2 Å². The normalized spacial score (nSPS) is 17.8. The van der Waals surface area contributed by atoms with Crippen molar-refractivity contribution < 1.29 is 13.6 Å². The minimum Gasteiger partial charge on any atom is -0.472 e. The second kappa shape index (κ2) is 5.09. The fourth-order valence-corrected chi connectivity index (χ4v) is 3.26. The quantitative estimate of drug-likeness (QED) is 0.915. The molecule has 1 aliphatic heterocycles. The van der Waals surface area contributed by atoms with Gasteiger partial charge in [0.2, 0.25) is 0 Å². The molecule has 0 aliphatic carbocycles. The fourth-order valence-electron chi connectivity index (χ4n) is 2.15. The summed E-state index contributed by atoms with van der Waals surface area (Å²) >= 11 is 1.69. The van der Waals surface area contributed by atoms with Crippen LogP contribution in [0.5, 0.6) is 0 Å². The first-order chi connectivity index (χ1) is 9.24. The molecule has 2 aromatic rings. The molecule has 0 saturated heterocycles.